The van der Waals surface area contributed by atoms with E-state index in [1.807, 2.05) is 30.3 Å². The normalized spacial score (nSPS) is 10.2. The summed E-state index contributed by atoms with van der Waals surface area (Å²) in [4.78, 5) is 11.8. The average Bonchev–Trinajstić information content (AvgIpc) is 2.56. The first-order chi connectivity index (χ1) is 11.6. The SMILES string of the molecule is CNCCC(=O)Nc1ccc(OC(F)F)c(Cc2ccccc2)c1.Cl. The van der Waals surface area contributed by atoms with Crippen molar-refractivity contribution in [2.24, 2.45) is 0 Å². The van der Waals surface area contributed by atoms with Crippen LogP contribution < -0.4 is 15.4 Å². The molecule has 2 rings (SSSR count). The molecule has 2 aromatic carbocycles. The van der Waals surface area contributed by atoms with Gasteiger partial charge < -0.3 is 15.4 Å². The predicted molar refractivity (Wildman–Crippen MR) is 96.7 cm³/mol. The number of amides is 1. The number of ether oxygens (including phenoxy) is 1. The number of hydrogen-bond acceptors (Lipinski definition) is 3. The van der Waals surface area contributed by atoms with Crippen LogP contribution in [0.15, 0.2) is 48.5 Å². The molecule has 0 fully saturated rings. The topological polar surface area (TPSA) is 50.4 Å². The van der Waals surface area contributed by atoms with Gasteiger partial charge >= 0.3 is 6.61 Å². The molecule has 0 heterocycles. The molecule has 25 heavy (non-hydrogen) atoms. The number of hydrogen-bond donors (Lipinski definition) is 2. The number of benzene rings is 2. The monoisotopic (exact) mass is 370 g/mol. The number of carbonyl (C=O) groups excluding carboxylic acids is 1. The fraction of sp³-hybridized carbons (Fsp3) is 0.278. The molecule has 0 aliphatic heterocycles. The maximum Gasteiger partial charge on any atom is 0.387 e. The van der Waals surface area contributed by atoms with Crippen LogP contribution in [0.1, 0.15) is 17.5 Å². The Hall–Kier alpha value is -2.18. The fourth-order valence-electron chi connectivity index (χ4n) is 2.28. The van der Waals surface area contributed by atoms with Crippen LogP contribution in [0.2, 0.25) is 0 Å². The van der Waals surface area contributed by atoms with Crippen molar-refractivity contribution >= 4 is 24.0 Å². The van der Waals surface area contributed by atoms with Gasteiger partial charge in [0, 0.05) is 30.6 Å². The van der Waals surface area contributed by atoms with Gasteiger partial charge in [-0.1, -0.05) is 30.3 Å². The van der Waals surface area contributed by atoms with Gasteiger partial charge in [-0.2, -0.15) is 8.78 Å². The smallest absolute Gasteiger partial charge is 0.387 e. The molecule has 0 unspecified atom stereocenters. The van der Waals surface area contributed by atoms with Gasteiger partial charge in [0.25, 0.3) is 0 Å². The van der Waals surface area contributed by atoms with Crippen LogP contribution >= 0.6 is 12.4 Å². The fourth-order valence-corrected chi connectivity index (χ4v) is 2.28. The van der Waals surface area contributed by atoms with Crippen LogP contribution in [-0.4, -0.2) is 26.1 Å². The Kier molecular flexibility index (Phi) is 8.88. The molecule has 4 nitrogen and oxygen atoms in total. The minimum atomic E-state index is -2.89. The van der Waals surface area contributed by atoms with Crippen LogP contribution in [-0.2, 0) is 11.2 Å². The molecule has 0 aliphatic carbocycles. The third kappa shape index (κ3) is 7.07. The Morgan fingerprint density at radius 1 is 1.16 bits per heavy atom. The molecular formula is C18H21ClF2N2O2. The second-order valence-corrected chi connectivity index (χ2v) is 5.27. The summed E-state index contributed by atoms with van der Waals surface area (Å²) in [6.07, 6.45) is 0.767. The van der Waals surface area contributed by atoms with E-state index in [0.717, 1.165) is 5.56 Å². The van der Waals surface area contributed by atoms with E-state index in [0.29, 0.717) is 30.6 Å². The molecule has 0 aliphatic rings. The molecule has 136 valence electrons. The Labute approximate surface area is 152 Å². The number of nitrogens with one attached hydrogen (secondary N) is 2. The van der Waals surface area contributed by atoms with Crippen molar-refractivity contribution < 1.29 is 18.3 Å². The molecule has 1 amide bonds. The van der Waals surface area contributed by atoms with Crippen LogP contribution in [0.4, 0.5) is 14.5 Å². The molecule has 0 aromatic heterocycles. The molecule has 2 aromatic rings. The zero-order valence-corrected chi connectivity index (χ0v) is 14.6. The second-order valence-electron chi connectivity index (χ2n) is 5.27. The first-order valence-electron chi connectivity index (χ1n) is 7.64. The molecule has 0 atom stereocenters. The lowest BCUT2D eigenvalue weighted by molar-refractivity contribution is -0.116. The van der Waals surface area contributed by atoms with Gasteiger partial charge in [0.1, 0.15) is 5.75 Å². The zero-order chi connectivity index (χ0) is 17.4. The zero-order valence-electron chi connectivity index (χ0n) is 13.8. The number of carbonyl (C=O) groups is 1. The summed E-state index contributed by atoms with van der Waals surface area (Å²) in [5.74, 6) is -0.0281. The van der Waals surface area contributed by atoms with Crippen molar-refractivity contribution in [3.05, 3.63) is 59.7 Å². The van der Waals surface area contributed by atoms with E-state index in [1.165, 1.54) is 6.07 Å². The lowest BCUT2D eigenvalue weighted by Gasteiger charge is -2.13. The number of alkyl halides is 2. The average molecular weight is 371 g/mol. The standard InChI is InChI=1S/C18H20F2N2O2.ClH/c1-21-10-9-17(23)22-15-7-8-16(24-18(19)20)14(12-15)11-13-5-3-2-4-6-13;/h2-8,12,18,21H,9-11H2,1H3,(H,22,23);1H. The first kappa shape index (κ1) is 20.9. The summed E-state index contributed by atoms with van der Waals surface area (Å²) >= 11 is 0. The summed E-state index contributed by atoms with van der Waals surface area (Å²) in [6, 6.07) is 14.1. The molecule has 0 saturated heterocycles. The highest BCUT2D eigenvalue weighted by Gasteiger charge is 2.12. The van der Waals surface area contributed by atoms with E-state index >= 15 is 0 Å². The molecule has 0 spiro atoms. The molecule has 0 radical (unpaired) electrons. The van der Waals surface area contributed by atoms with Crippen LogP contribution in [0.25, 0.3) is 0 Å². The molecule has 0 saturated carbocycles. The summed E-state index contributed by atoms with van der Waals surface area (Å²) < 4.78 is 29.8. The van der Waals surface area contributed by atoms with E-state index < -0.39 is 6.61 Å². The van der Waals surface area contributed by atoms with Crippen molar-refractivity contribution in [3.8, 4) is 5.75 Å². The maximum atomic E-state index is 12.6. The number of anilines is 1. The van der Waals surface area contributed by atoms with Crippen LogP contribution in [0.5, 0.6) is 5.75 Å². The highest BCUT2D eigenvalue weighted by molar-refractivity contribution is 5.91. The van der Waals surface area contributed by atoms with Gasteiger partial charge in [0.05, 0.1) is 0 Å². The highest BCUT2D eigenvalue weighted by atomic mass is 35.5. The van der Waals surface area contributed by atoms with Crippen molar-refractivity contribution in [2.75, 3.05) is 18.9 Å². The van der Waals surface area contributed by atoms with Crippen LogP contribution in [0, 0.1) is 0 Å². The lowest BCUT2D eigenvalue weighted by Crippen LogP contribution is -2.18. The minimum absolute atomic E-state index is 0. The lowest BCUT2D eigenvalue weighted by atomic mass is 10.0. The molecule has 7 heteroatoms. The Balaban J connectivity index is 0.00000312. The largest absolute Gasteiger partial charge is 0.435 e. The summed E-state index contributed by atoms with van der Waals surface area (Å²) in [6.45, 7) is -2.33. The Morgan fingerprint density at radius 2 is 1.88 bits per heavy atom. The second kappa shape index (κ2) is 10.6. The van der Waals surface area contributed by atoms with E-state index in [-0.39, 0.29) is 24.1 Å². The molecular weight excluding hydrogens is 350 g/mol. The van der Waals surface area contributed by atoms with Crippen molar-refractivity contribution in [3.63, 3.8) is 0 Å². The molecule has 2 N–H and O–H groups in total. The summed E-state index contributed by atoms with van der Waals surface area (Å²) in [7, 11) is 1.77. The summed E-state index contributed by atoms with van der Waals surface area (Å²) in [5, 5.41) is 5.66. The van der Waals surface area contributed by atoms with Gasteiger partial charge in [-0.05, 0) is 30.8 Å². The predicted octanol–water partition coefficient (Wildman–Crippen LogP) is 3.85. The number of rotatable bonds is 8. The van der Waals surface area contributed by atoms with E-state index in [9.17, 15) is 13.6 Å². The van der Waals surface area contributed by atoms with Gasteiger partial charge in [-0.25, -0.2) is 0 Å². The van der Waals surface area contributed by atoms with E-state index in [2.05, 4.69) is 15.4 Å². The third-order valence-electron chi connectivity index (χ3n) is 3.40. The van der Waals surface area contributed by atoms with Crippen LogP contribution in [0.3, 0.4) is 0 Å². The Bertz CT molecular complexity index is 669. The summed E-state index contributed by atoms with van der Waals surface area (Å²) in [5.41, 5.74) is 2.12. The maximum absolute atomic E-state index is 12.6. The number of halogens is 3. The van der Waals surface area contributed by atoms with E-state index in [1.54, 1.807) is 19.2 Å². The van der Waals surface area contributed by atoms with Crippen molar-refractivity contribution in [1.82, 2.24) is 5.32 Å². The first-order valence-corrected chi connectivity index (χ1v) is 7.64. The third-order valence-corrected chi connectivity index (χ3v) is 3.40. The molecule has 0 bridgehead atoms. The Morgan fingerprint density at radius 3 is 2.52 bits per heavy atom. The quantitative estimate of drug-likeness (QED) is 0.742. The highest BCUT2D eigenvalue weighted by Crippen LogP contribution is 2.27. The van der Waals surface area contributed by atoms with E-state index in [4.69, 9.17) is 0 Å². The van der Waals surface area contributed by atoms with Gasteiger partial charge in [-0.15, -0.1) is 12.4 Å². The minimum Gasteiger partial charge on any atom is -0.435 e. The van der Waals surface area contributed by atoms with Gasteiger partial charge in [0.15, 0.2) is 0 Å². The van der Waals surface area contributed by atoms with Crippen molar-refractivity contribution in [1.29, 1.82) is 0 Å². The van der Waals surface area contributed by atoms with Crippen molar-refractivity contribution in [2.45, 2.75) is 19.5 Å². The van der Waals surface area contributed by atoms with Gasteiger partial charge in [-0.3, -0.25) is 4.79 Å². The van der Waals surface area contributed by atoms with Gasteiger partial charge in [0.2, 0.25) is 5.91 Å².